The number of unbranched alkanes of at least 4 members (excludes halogenated alkanes) is 10. The topological polar surface area (TPSA) is 52.6 Å². The van der Waals surface area contributed by atoms with Crippen LogP contribution in [0.2, 0.25) is 0 Å². The van der Waals surface area contributed by atoms with Gasteiger partial charge >= 0.3 is 0 Å². The molecule has 3 aromatic carbocycles. The molecule has 4 nitrogen and oxygen atoms in total. The Labute approximate surface area is 216 Å². The molecule has 0 amide bonds. The summed E-state index contributed by atoms with van der Waals surface area (Å²) in [7, 11) is 0. The third kappa shape index (κ3) is 7.56. The van der Waals surface area contributed by atoms with Crippen molar-refractivity contribution in [3.63, 3.8) is 0 Å². The standard InChI is InChI=1S/C32H42O4/c1-3-5-7-9-11-13-19-35-31-27(23-33)17-15-25-22-30-26(21-29(25)31)16-18-28(24-34)32(30)36-20-14-12-10-8-6-4-2/h15-18,21-24H,3-14,19-20H2,1-2H3. The first-order valence-electron chi connectivity index (χ1n) is 13.9. The minimum absolute atomic E-state index is 0.567. The molecule has 4 heteroatoms. The lowest BCUT2D eigenvalue weighted by Crippen LogP contribution is -2.02. The Kier molecular flexibility index (Phi) is 11.8. The fourth-order valence-electron chi connectivity index (χ4n) is 4.74. The molecule has 0 saturated heterocycles. The first-order valence-corrected chi connectivity index (χ1v) is 13.9. The number of fused-ring (bicyclic) bond motifs is 2. The van der Waals surface area contributed by atoms with Gasteiger partial charge in [-0.2, -0.15) is 0 Å². The third-order valence-electron chi connectivity index (χ3n) is 6.86. The quantitative estimate of drug-likeness (QED) is 0.101. The zero-order valence-corrected chi connectivity index (χ0v) is 22.2. The first-order chi connectivity index (χ1) is 17.7. The maximum Gasteiger partial charge on any atom is 0.153 e. The van der Waals surface area contributed by atoms with Gasteiger partial charge in [0.05, 0.1) is 24.3 Å². The predicted molar refractivity (Wildman–Crippen MR) is 150 cm³/mol. The molecule has 0 aliphatic rings. The SMILES string of the molecule is CCCCCCCCOc1c(C=O)ccc2cc3c(OCCCCCCCC)c(C=O)ccc3cc12. The van der Waals surface area contributed by atoms with Crippen LogP contribution in [-0.4, -0.2) is 25.8 Å². The second kappa shape index (κ2) is 15.3. The molecular weight excluding hydrogens is 448 g/mol. The first kappa shape index (κ1) is 27.7. The minimum atomic E-state index is 0.567. The molecule has 3 aromatic rings. The molecule has 0 N–H and O–H groups in total. The van der Waals surface area contributed by atoms with E-state index in [1.54, 1.807) is 0 Å². The molecule has 0 aromatic heterocycles. The van der Waals surface area contributed by atoms with Crippen LogP contribution in [0.4, 0.5) is 0 Å². The normalized spacial score (nSPS) is 11.2. The number of rotatable bonds is 18. The van der Waals surface area contributed by atoms with Crippen molar-refractivity contribution in [1.82, 2.24) is 0 Å². The Bertz CT molecular complexity index is 1030. The van der Waals surface area contributed by atoms with Crippen LogP contribution in [0.15, 0.2) is 36.4 Å². The third-order valence-corrected chi connectivity index (χ3v) is 6.86. The summed E-state index contributed by atoms with van der Waals surface area (Å²) in [6.45, 7) is 5.64. The van der Waals surface area contributed by atoms with Gasteiger partial charge in [0.25, 0.3) is 0 Å². The fourth-order valence-corrected chi connectivity index (χ4v) is 4.74. The van der Waals surface area contributed by atoms with Gasteiger partial charge in [0, 0.05) is 10.8 Å². The number of carbonyl (C=O) groups excluding carboxylic acids is 2. The van der Waals surface area contributed by atoms with Crippen LogP contribution >= 0.6 is 0 Å². The summed E-state index contributed by atoms with van der Waals surface area (Å²) < 4.78 is 12.3. The molecule has 0 aliphatic heterocycles. The van der Waals surface area contributed by atoms with Crippen LogP contribution in [0.25, 0.3) is 21.5 Å². The monoisotopic (exact) mass is 490 g/mol. The number of carbonyl (C=O) groups is 2. The van der Waals surface area contributed by atoms with Crippen molar-refractivity contribution in [2.75, 3.05) is 13.2 Å². The lowest BCUT2D eigenvalue weighted by molar-refractivity contribution is 0.111. The van der Waals surface area contributed by atoms with E-state index < -0.39 is 0 Å². The van der Waals surface area contributed by atoms with Gasteiger partial charge in [0.1, 0.15) is 11.5 Å². The number of benzene rings is 3. The number of hydrogen-bond acceptors (Lipinski definition) is 4. The number of aldehydes is 2. The molecule has 36 heavy (non-hydrogen) atoms. The van der Waals surface area contributed by atoms with Crippen molar-refractivity contribution in [2.24, 2.45) is 0 Å². The minimum Gasteiger partial charge on any atom is -0.492 e. The van der Waals surface area contributed by atoms with Crippen molar-refractivity contribution in [3.05, 3.63) is 47.5 Å². The molecule has 194 valence electrons. The molecule has 0 unspecified atom stereocenters. The Morgan fingerprint density at radius 3 is 1.33 bits per heavy atom. The lowest BCUT2D eigenvalue weighted by Gasteiger charge is -2.15. The van der Waals surface area contributed by atoms with Gasteiger partial charge in [-0.15, -0.1) is 0 Å². The highest BCUT2D eigenvalue weighted by atomic mass is 16.5. The van der Waals surface area contributed by atoms with E-state index in [0.717, 1.165) is 59.8 Å². The van der Waals surface area contributed by atoms with Crippen LogP contribution in [0.5, 0.6) is 11.5 Å². The summed E-state index contributed by atoms with van der Waals surface area (Å²) >= 11 is 0. The summed E-state index contributed by atoms with van der Waals surface area (Å²) in [4.78, 5) is 23.5. The Balaban J connectivity index is 1.80. The smallest absolute Gasteiger partial charge is 0.153 e. The molecule has 3 rings (SSSR count). The molecule has 0 heterocycles. The summed E-state index contributed by atoms with van der Waals surface area (Å²) in [5.74, 6) is 1.29. The Hall–Kier alpha value is -2.88. The van der Waals surface area contributed by atoms with E-state index in [1.807, 2.05) is 24.3 Å². The van der Waals surface area contributed by atoms with Crippen molar-refractivity contribution in [2.45, 2.75) is 90.9 Å². The van der Waals surface area contributed by atoms with Gasteiger partial charge in [0.15, 0.2) is 12.6 Å². The van der Waals surface area contributed by atoms with Gasteiger partial charge in [0.2, 0.25) is 0 Å². The van der Waals surface area contributed by atoms with Crippen LogP contribution in [0.3, 0.4) is 0 Å². The molecule has 0 radical (unpaired) electrons. The molecule has 0 fully saturated rings. The van der Waals surface area contributed by atoms with Crippen LogP contribution in [0, 0.1) is 0 Å². The summed E-state index contributed by atoms with van der Waals surface area (Å²) in [6, 6.07) is 11.6. The van der Waals surface area contributed by atoms with Crippen LogP contribution in [0.1, 0.15) is 112 Å². The summed E-state index contributed by atoms with van der Waals surface area (Å²) in [5, 5.41) is 3.77. The predicted octanol–water partition coefficient (Wildman–Crippen LogP) is 9.10. The van der Waals surface area contributed by atoms with Crippen molar-refractivity contribution >= 4 is 34.1 Å². The lowest BCUT2D eigenvalue weighted by atomic mass is 9.98. The van der Waals surface area contributed by atoms with Gasteiger partial charge in [-0.1, -0.05) is 90.2 Å². The number of ether oxygens (including phenoxy) is 2. The van der Waals surface area contributed by atoms with Gasteiger partial charge in [-0.25, -0.2) is 0 Å². The Morgan fingerprint density at radius 1 is 0.556 bits per heavy atom. The summed E-state index contributed by atoms with van der Waals surface area (Å²) in [6.07, 6.45) is 16.0. The second-order valence-corrected chi connectivity index (χ2v) is 9.73. The fraction of sp³-hybridized carbons (Fsp3) is 0.500. The maximum atomic E-state index is 11.8. The van der Waals surface area contributed by atoms with Crippen LogP contribution in [-0.2, 0) is 0 Å². The van der Waals surface area contributed by atoms with E-state index in [1.165, 1.54) is 51.4 Å². The van der Waals surface area contributed by atoms with Crippen molar-refractivity contribution in [1.29, 1.82) is 0 Å². The summed E-state index contributed by atoms with van der Waals surface area (Å²) in [5.41, 5.74) is 1.13. The highest BCUT2D eigenvalue weighted by Gasteiger charge is 2.14. The van der Waals surface area contributed by atoms with Gasteiger partial charge < -0.3 is 9.47 Å². The van der Waals surface area contributed by atoms with E-state index in [-0.39, 0.29) is 0 Å². The largest absolute Gasteiger partial charge is 0.492 e. The molecule has 0 aliphatic carbocycles. The Morgan fingerprint density at radius 2 is 0.944 bits per heavy atom. The molecule has 0 saturated carbocycles. The van der Waals surface area contributed by atoms with E-state index in [4.69, 9.17) is 9.47 Å². The van der Waals surface area contributed by atoms with Crippen molar-refractivity contribution < 1.29 is 19.1 Å². The highest BCUT2D eigenvalue weighted by molar-refractivity contribution is 6.07. The molecule has 0 bridgehead atoms. The zero-order chi connectivity index (χ0) is 25.6. The zero-order valence-electron chi connectivity index (χ0n) is 22.2. The average molecular weight is 491 g/mol. The van der Waals surface area contributed by atoms with E-state index >= 15 is 0 Å². The molecule has 0 atom stereocenters. The molecule has 0 spiro atoms. The molecular formula is C32H42O4. The average Bonchev–Trinajstić information content (AvgIpc) is 2.90. The van der Waals surface area contributed by atoms with E-state index in [2.05, 4.69) is 26.0 Å². The number of hydrogen-bond donors (Lipinski definition) is 0. The maximum absolute atomic E-state index is 11.8. The highest BCUT2D eigenvalue weighted by Crippen LogP contribution is 2.37. The van der Waals surface area contributed by atoms with Crippen molar-refractivity contribution in [3.8, 4) is 11.5 Å². The van der Waals surface area contributed by atoms with Gasteiger partial charge in [-0.05, 0) is 47.9 Å². The second-order valence-electron chi connectivity index (χ2n) is 9.73. The van der Waals surface area contributed by atoms with Crippen LogP contribution < -0.4 is 9.47 Å². The van der Waals surface area contributed by atoms with E-state index in [0.29, 0.717) is 35.8 Å². The van der Waals surface area contributed by atoms with Gasteiger partial charge in [-0.3, -0.25) is 9.59 Å². The van der Waals surface area contributed by atoms with E-state index in [9.17, 15) is 9.59 Å².